The number of anilines is 1. The molecule has 0 atom stereocenters. The molecule has 1 amide bonds. The zero-order valence-electron chi connectivity index (χ0n) is 16.8. The van der Waals surface area contributed by atoms with Crippen LogP contribution in [0.3, 0.4) is 0 Å². The summed E-state index contributed by atoms with van der Waals surface area (Å²) in [5.74, 6) is -1.21. The van der Waals surface area contributed by atoms with Gasteiger partial charge in [-0.2, -0.15) is 0 Å². The number of carbonyl (C=O) groups is 2. The van der Waals surface area contributed by atoms with Gasteiger partial charge in [0.15, 0.2) is 0 Å². The highest BCUT2D eigenvalue weighted by Crippen LogP contribution is 2.36. The van der Waals surface area contributed by atoms with E-state index in [0.717, 1.165) is 17.5 Å². The second kappa shape index (κ2) is 9.98. The molecule has 2 aromatic carbocycles. The number of benzene rings is 2. The fraction of sp³-hybridized carbons (Fsp3) is 0.167. The number of aryl methyl sites for hydroxylation is 1. The fourth-order valence-electron chi connectivity index (χ4n) is 2.89. The van der Waals surface area contributed by atoms with Crippen molar-refractivity contribution in [1.29, 1.82) is 0 Å². The maximum Gasteiger partial charge on any atom is 0.341 e. The van der Waals surface area contributed by atoms with Crippen LogP contribution in [0.4, 0.5) is 9.39 Å². The van der Waals surface area contributed by atoms with Gasteiger partial charge in [0.05, 0.1) is 6.61 Å². The van der Waals surface area contributed by atoms with Gasteiger partial charge in [0, 0.05) is 17.0 Å². The molecule has 3 aromatic rings. The first-order valence-corrected chi connectivity index (χ1v) is 10.5. The number of hydrogen-bond donors (Lipinski definition) is 1. The van der Waals surface area contributed by atoms with Crippen molar-refractivity contribution in [1.82, 2.24) is 0 Å². The predicted octanol–water partition coefficient (Wildman–Crippen LogP) is 5.95. The number of hydrogen-bond acceptors (Lipinski definition) is 4. The van der Waals surface area contributed by atoms with E-state index in [2.05, 4.69) is 12.2 Å². The van der Waals surface area contributed by atoms with E-state index in [4.69, 9.17) is 4.74 Å². The number of nitrogens with one attached hydrogen (secondary N) is 1. The van der Waals surface area contributed by atoms with Gasteiger partial charge in [-0.25, -0.2) is 9.18 Å². The third-order valence-corrected chi connectivity index (χ3v) is 5.37. The molecular weight excluding hydrogens is 401 g/mol. The van der Waals surface area contributed by atoms with Gasteiger partial charge in [-0.1, -0.05) is 43.3 Å². The van der Waals surface area contributed by atoms with Crippen molar-refractivity contribution in [3.8, 4) is 11.1 Å². The van der Waals surface area contributed by atoms with Gasteiger partial charge in [0.1, 0.15) is 16.4 Å². The lowest BCUT2D eigenvalue weighted by atomic mass is 10.0. The first kappa shape index (κ1) is 21.5. The molecule has 0 unspecified atom stereocenters. The van der Waals surface area contributed by atoms with Crippen LogP contribution in [0.15, 0.2) is 60.0 Å². The molecule has 1 N–H and O–H groups in total. The van der Waals surface area contributed by atoms with Crippen LogP contribution in [0.25, 0.3) is 17.2 Å². The van der Waals surface area contributed by atoms with Crippen LogP contribution in [0.2, 0.25) is 0 Å². The van der Waals surface area contributed by atoms with E-state index in [1.54, 1.807) is 25.1 Å². The Morgan fingerprint density at radius 2 is 1.77 bits per heavy atom. The second-order valence-electron chi connectivity index (χ2n) is 6.50. The van der Waals surface area contributed by atoms with E-state index < -0.39 is 5.97 Å². The molecule has 0 radical (unpaired) electrons. The maximum absolute atomic E-state index is 13.0. The Kier molecular flexibility index (Phi) is 7.14. The summed E-state index contributed by atoms with van der Waals surface area (Å²) in [5, 5.41) is 5.03. The zero-order valence-corrected chi connectivity index (χ0v) is 17.6. The number of esters is 1. The molecule has 1 aromatic heterocycles. The van der Waals surface area contributed by atoms with Crippen molar-refractivity contribution in [3.05, 3.63) is 82.5 Å². The number of amides is 1. The minimum Gasteiger partial charge on any atom is -0.462 e. The first-order chi connectivity index (χ1) is 14.5. The van der Waals surface area contributed by atoms with Gasteiger partial charge >= 0.3 is 5.97 Å². The largest absolute Gasteiger partial charge is 0.462 e. The Bertz CT molecular complexity index is 1050. The highest BCUT2D eigenvalue weighted by atomic mass is 32.1. The summed E-state index contributed by atoms with van der Waals surface area (Å²) in [7, 11) is 0. The first-order valence-electron chi connectivity index (χ1n) is 9.64. The Morgan fingerprint density at radius 3 is 2.40 bits per heavy atom. The van der Waals surface area contributed by atoms with Crippen LogP contribution in [-0.4, -0.2) is 18.5 Å². The average Bonchev–Trinajstić information content (AvgIpc) is 3.17. The van der Waals surface area contributed by atoms with Gasteiger partial charge in [-0.15, -0.1) is 11.3 Å². The number of ether oxygens (including phenoxy) is 1. The molecule has 3 rings (SSSR count). The second-order valence-corrected chi connectivity index (χ2v) is 7.38. The van der Waals surface area contributed by atoms with Gasteiger partial charge < -0.3 is 10.1 Å². The number of carbonyl (C=O) groups excluding carboxylic acids is 2. The lowest BCUT2D eigenvalue weighted by molar-refractivity contribution is -0.111. The molecular formula is C24H22FNO3S. The summed E-state index contributed by atoms with van der Waals surface area (Å²) < 4.78 is 18.2. The van der Waals surface area contributed by atoms with Crippen LogP contribution < -0.4 is 5.32 Å². The van der Waals surface area contributed by atoms with E-state index in [1.165, 1.54) is 35.1 Å². The van der Waals surface area contributed by atoms with E-state index in [9.17, 15) is 14.0 Å². The summed E-state index contributed by atoms with van der Waals surface area (Å²) >= 11 is 1.27. The van der Waals surface area contributed by atoms with Gasteiger partial charge in [0.2, 0.25) is 5.91 Å². The molecule has 4 nitrogen and oxygen atoms in total. The standard InChI is InChI=1S/C24H22FNO3S/c1-3-16-5-10-18(11-6-16)20-15-30-23(22(20)24(28)29-4-2)26-21(27)14-9-17-7-12-19(25)13-8-17/h5-15H,3-4H2,1-2H3,(H,26,27)/b14-9+. The van der Waals surface area contributed by atoms with E-state index in [-0.39, 0.29) is 18.3 Å². The number of rotatable bonds is 7. The molecule has 6 heteroatoms. The number of halogens is 1. The third kappa shape index (κ3) is 5.21. The maximum atomic E-state index is 13.0. The topological polar surface area (TPSA) is 55.4 Å². The third-order valence-electron chi connectivity index (χ3n) is 4.48. The van der Waals surface area contributed by atoms with Crippen LogP contribution in [-0.2, 0) is 16.0 Å². The van der Waals surface area contributed by atoms with Crippen LogP contribution >= 0.6 is 11.3 Å². The smallest absolute Gasteiger partial charge is 0.341 e. The predicted molar refractivity (Wildman–Crippen MR) is 119 cm³/mol. The molecule has 0 aliphatic rings. The van der Waals surface area contributed by atoms with Crippen molar-refractivity contribution in [3.63, 3.8) is 0 Å². The number of thiophene rings is 1. The Balaban J connectivity index is 1.86. The summed E-state index contributed by atoms with van der Waals surface area (Å²) in [6, 6.07) is 13.8. The quantitative estimate of drug-likeness (QED) is 0.378. The average molecular weight is 424 g/mol. The van der Waals surface area contributed by atoms with Gasteiger partial charge in [0.25, 0.3) is 0 Å². The normalized spacial score (nSPS) is 10.9. The molecule has 0 spiro atoms. The SMILES string of the molecule is CCOC(=O)c1c(-c2ccc(CC)cc2)csc1NC(=O)/C=C/c1ccc(F)cc1. The van der Waals surface area contributed by atoms with Crippen LogP contribution in [0, 0.1) is 5.82 Å². The van der Waals surface area contributed by atoms with Crippen molar-refractivity contribution in [2.45, 2.75) is 20.3 Å². The fourth-order valence-corrected chi connectivity index (χ4v) is 3.85. The minimum atomic E-state index is -0.480. The lowest BCUT2D eigenvalue weighted by Gasteiger charge is -2.08. The van der Waals surface area contributed by atoms with Crippen molar-refractivity contribution in [2.24, 2.45) is 0 Å². The molecule has 154 valence electrons. The van der Waals surface area contributed by atoms with Crippen LogP contribution in [0.5, 0.6) is 0 Å². The molecule has 0 fully saturated rings. The molecule has 1 heterocycles. The summed E-state index contributed by atoms with van der Waals surface area (Å²) in [4.78, 5) is 25.0. The Hall–Kier alpha value is -3.25. The molecule has 0 saturated carbocycles. The molecule has 0 aliphatic carbocycles. The summed E-state index contributed by atoms with van der Waals surface area (Å²) in [6.45, 7) is 4.06. The van der Waals surface area contributed by atoms with E-state index >= 15 is 0 Å². The summed E-state index contributed by atoms with van der Waals surface area (Å²) in [5.41, 5.74) is 3.84. The highest BCUT2D eigenvalue weighted by Gasteiger charge is 2.22. The van der Waals surface area contributed by atoms with Crippen molar-refractivity contribution >= 4 is 34.3 Å². The van der Waals surface area contributed by atoms with Gasteiger partial charge in [-0.05, 0) is 48.2 Å². The Morgan fingerprint density at radius 1 is 1.07 bits per heavy atom. The highest BCUT2D eigenvalue weighted by molar-refractivity contribution is 7.15. The van der Waals surface area contributed by atoms with Crippen molar-refractivity contribution < 1.29 is 18.7 Å². The van der Waals surface area contributed by atoms with Gasteiger partial charge in [-0.3, -0.25) is 4.79 Å². The molecule has 30 heavy (non-hydrogen) atoms. The van der Waals surface area contributed by atoms with Crippen molar-refractivity contribution in [2.75, 3.05) is 11.9 Å². The minimum absolute atomic E-state index is 0.237. The zero-order chi connectivity index (χ0) is 21.5. The molecule has 0 saturated heterocycles. The van der Waals surface area contributed by atoms with E-state index in [1.807, 2.05) is 29.6 Å². The summed E-state index contributed by atoms with van der Waals surface area (Å²) in [6.07, 6.45) is 3.85. The van der Waals surface area contributed by atoms with Crippen LogP contribution in [0.1, 0.15) is 35.3 Å². The molecule has 0 bridgehead atoms. The van der Waals surface area contributed by atoms with E-state index in [0.29, 0.717) is 16.1 Å². The molecule has 0 aliphatic heterocycles. The monoisotopic (exact) mass is 423 g/mol. The Labute approximate surface area is 179 Å². The lowest BCUT2D eigenvalue weighted by Crippen LogP contribution is -2.12.